The van der Waals surface area contributed by atoms with Gasteiger partial charge < -0.3 is 14.8 Å². The van der Waals surface area contributed by atoms with Gasteiger partial charge in [0.05, 0.1) is 12.2 Å². The molecule has 0 saturated carbocycles. The van der Waals surface area contributed by atoms with Crippen LogP contribution in [0.15, 0.2) is 0 Å². The van der Waals surface area contributed by atoms with Crippen LogP contribution in [0.2, 0.25) is 0 Å². The summed E-state index contributed by atoms with van der Waals surface area (Å²) in [6, 6.07) is 0.368. The van der Waals surface area contributed by atoms with Gasteiger partial charge in [0, 0.05) is 26.8 Å². The van der Waals surface area contributed by atoms with Gasteiger partial charge in [-0.2, -0.15) is 0 Å². The van der Waals surface area contributed by atoms with Gasteiger partial charge >= 0.3 is 0 Å². The lowest BCUT2D eigenvalue weighted by molar-refractivity contribution is 0.0735. The highest BCUT2D eigenvalue weighted by molar-refractivity contribution is 4.69. The molecule has 0 heterocycles. The van der Waals surface area contributed by atoms with Crippen LogP contribution in [-0.4, -0.2) is 39.0 Å². The predicted molar refractivity (Wildman–Crippen MR) is 50.4 cm³/mol. The van der Waals surface area contributed by atoms with Crippen molar-refractivity contribution >= 4 is 0 Å². The zero-order valence-electron chi connectivity index (χ0n) is 8.76. The topological polar surface area (TPSA) is 30.5 Å². The number of methoxy groups -OCH3 is 2. The van der Waals surface area contributed by atoms with Gasteiger partial charge in [-0.05, 0) is 20.8 Å². The van der Waals surface area contributed by atoms with Crippen LogP contribution >= 0.6 is 0 Å². The largest absolute Gasteiger partial charge is 0.380 e. The smallest absolute Gasteiger partial charge is 0.0693 e. The van der Waals surface area contributed by atoms with E-state index in [1.807, 2.05) is 6.92 Å². The maximum Gasteiger partial charge on any atom is 0.0693 e. The Morgan fingerprint density at radius 1 is 1.08 bits per heavy atom. The first-order valence-corrected chi connectivity index (χ1v) is 4.40. The fraction of sp³-hybridized carbons (Fsp3) is 1.00. The monoisotopic (exact) mass is 175 g/mol. The molecule has 0 amide bonds. The molecule has 0 spiro atoms. The molecule has 0 radical (unpaired) electrons. The molecule has 0 aromatic carbocycles. The lowest BCUT2D eigenvalue weighted by atomic mass is 10.2. The van der Waals surface area contributed by atoms with Gasteiger partial charge in [-0.3, -0.25) is 0 Å². The Bertz CT molecular complexity index is 109. The van der Waals surface area contributed by atoms with E-state index in [0.717, 1.165) is 6.54 Å². The normalized spacial score (nSPS) is 18.8. The first-order valence-electron chi connectivity index (χ1n) is 4.40. The Labute approximate surface area is 75.4 Å². The fourth-order valence-electron chi connectivity index (χ4n) is 0.805. The van der Waals surface area contributed by atoms with Gasteiger partial charge in [-0.15, -0.1) is 0 Å². The van der Waals surface area contributed by atoms with Crippen molar-refractivity contribution in [1.82, 2.24) is 5.32 Å². The van der Waals surface area contributed by atoms with Crippen LogP contribution in [0, 0.1) is 0 Å². The molecule has 0 bridgehead atoms. The summed E-state index contributed by atoms with van der Waals surface area (Å²) < 4.78 is 10.3. The van der Waals surface area contributed by atoms with Crippen molar-refractivity contribution in [3.63, 3.8) is 0 Å². The summed E-state index contributed by atoms with van der Waals surface area (Å²) in [6.45, 7) is 7.06. The van der Waals surface area contributed by atoms with Gasteiger partial charge in [-0.25, -0.2) is 0 Å². The molecule has 0 aliphatic rings. The Kier molecular flexibility index (Phi) is 6.34. The maximum absolute atomic E-state index is 5.17. The maximum atomic E-state index is 5.17. The van der Waals surface area contributed by atoms with Crippen LogP contribution in [0.5, 0.6) is 0 Å². The lowest BCUT2D eigenvalue weighted by Crippen LogP contribution is -2.40. The summed E-state index contributed by atoms with van der Waals surface area (Å²) in [4.78, 5) is 0. The van der Waals surface area contributed by atoms with Crippen molar-refractivity contribution in [3.8, 4) is 0 Å². The van der Waals surface area contributed by atoms with Crippen LogP contribution in [0.3, 0.4) is 0 Å². The SMILES string of the molecule is COC(C)CNC(C)C(C)OC. The molecule has 0 rings (SSSR count). The molecule has 74 valence electrons. The number of ether oxygens (including phenoxy) is 2. The van der Waals surface area contributed by atoms with E-state index >= 15 is 0 Å². The van der Waals surface area contributed by atoms with Crippen molar-refractivity contribution in [3.05, 3.63) is 0 Å². The molecule has 0 aliphatic carbocycles. The molecule has 0 aromatic heterocycles. The third-order valence-corrected chi connectivity index (χ3v) is 2.21. The van der Waals surface area contributed by atoms with Crippen molar-refractivity contribution in [1.29, 1.82) is 0 Å². The first-order chi connectivity index (χ1) is 5.61. The third kappa shape index (κ3) is 4.70. The molecule has 3 atom stereocenters. The summed E-state index contributed by atoms with van der Waals surface area (Å²) in [5.74, 6) is 0. The van der Waals surface area contributed by atoms with E-state index in [9.17, 15) is 0 Å². The fourth-order valence-corrected chi connectivity index (χ4v) is 0.805. The second-order valence-electron chi connectivity index (χ2n) is 3.18. The van der Waals surface area contributed by atoms with E-state index in [2.05, 4.69) is 19.2 Å². The Morgan fingerprint density at radius 3 is 2.08 bits per heavy atom. The minimum Gasteiger partial charge on any atom is -0.380 e. The molecular weight excluding hydrogens is 154 g/mol. The average Bonchev–Trinajstić information content (AvgIpc) is 2.11. The molecular formula is C9H21NO2. The summed E-state index contributed by atoms with van der Waals surface area (Å²) in [7, 11) is 3.44. The van der Waals surface area contributed by atoms with E-state index < -0.39 is 0 Å². The quantitative estimate of drug-likeness (QED) is 0.654. The Morgan fingerprint density at radius 2 is 1.67 bits per heavy atom. The molecule has 0 saturated heterocycles. The molecule has 0 fully saturated rings. The van der Waals surface area contributed by atoms with E-state index in [-0.39, 0.29) is 12.2 Å². The average molecular weight is 175 g/mol. The summed E-state index contributed by atoms with van der Waals surface area (Å²) in [5.41, 5.74) is 0. The molecule has 1 N–H and O–H groups in total. The zero-order valence-corrected chi connectivity index (χ0v) is 8.76. The van der Waals surface area contributed by atoms with Crippen LogP contribution in [0.1, 0.15) is 20.8 Å². The lowest BCUT2D eigenvalue weighted by Gasteiger charge is -2.21. The van der Waals surface area contributed by atoms with E-state index in [4.69, 9.17) is 9.47 Å². The summed E-state index contributed by atoms with van der Waals surface area (Å²) in [5, 5.41) is 3.33. The zero-order chi connectivity index (χ0) is 9.56. The van der Waals surface area contributed by atoms with Gasteiger partial charge in [0.1, 0.15) is 0 Å². The molecule has 3 nitrogen and oxygen atoms in total. The minimum absolute atomic E-state index is 0.244. The van der Waals surface area contributed by atoms with Crippen molar-refractivity contribution < 1.29 is 9.47 Å². The van der Waals surface area contributed by atoms with Crippen molar-refractivity contribution in [2.75, 3.05) is 20.8 Å². The molecule has 0 aliphatic heterocycles. The van der Waals surface area contributed by atoms with Crippen LogP contribution < -0.4 is 5.32 Å². The Hall–Kier alpha value is -0.120. The number of hydrogen-bond donors (Lipinski definition) is 1. The highest BCUT2D eigenvalue weighted by Gasteiger charge is 2.10. The third-order valence-electron chi connectivity index (χ3n) is 2.21. The summed E-state index contributed by atoms with van der Waals surface area (Å²) in [6.07, 6.45) is 0.505. The minimum atomic E-state index is 0.244. The molecule has 3 heteroatoms. The predicted octanol–water partition coefficient (Wildman–Crippen LogP) is 1.03. The highest BCUT2D eigenvalue weighted by atomic mass is 16.5. The van der Waals surface area contributed by atoms with E-state index in [0.29, 0.717) is 6.04 Å². The number of hydrogen-bond acceptors (Lipinski definition) is 3. The highest BCUT2D eigenvalue weighted by Crippen LogP contribution is 1.96. The first kappa shape index (κ1) is 11.9. The number of nitrogens with one attached hydrogen (secondary N) is 1. The molecule has 3 unspecified atom stereocenters. The molecule has 12 heavy (non-hydrogen) atoms. The second-order valence-corrected chi connectivity index (χ2v) is 3.18. The summed E-state index contributed by atoms with van der Waals surface area (Å²) >= 11 is 0. The van der Waals surface area contributed by atoms with Crippen LogP contribution in [0.25, 0.3) is 0 Å². The van der Waals surface area contributed by atoms with Crippen molar-refractivity contribution in [2.45, 2.75) is 39.0 Å². The number of rotatable bonds is 6. The van der Waals surface area contributed by atoms with E-state index in [1.165, 1.54) is 0 Å². The van der Waals surface area contributed by atoms with Gasteiger partial charge in [0.25, 0.3) is 0 Å². The standard InChI is InChI=1S/C9H21NO2/c1-7(11-4)6-10-8(2)9(3)12-5/h7-10H,6H2,1-5H3. The van der Waals surface area contributed by atoms with Crippen LogP contribution in [-0.2, 0) is 9.47 Å². The van der Waals surface area contributed by atoms with Gasteiger partial charge in [-0.1, -0.05) is 0 Å². The molecule has 0 aromatic rings. The van der Waals surface area contributed by atoms with E-state index in [1.54, 1.807) is 14.2 Å². The Balaban J connectivity index is 3.49. The van der Waals surface area contributed by atoms with Gasteiger partial charge in [0.15, 0.2) is 0 Å². The van der Waals surface area contributed by atoms with Crippen LogP contribution in [0.4, 0.5) is 0 Å². The van der Waals surface area contributed by atoms with Crippen molar-refractivity contribution in [2.24, 2.45) is 0 Å². The van der Waals surface area contributed by atoms with Gasteiger partial charge in [0.2, 0.25) is 0 Å². The second kappa shape index (κ2) is 6.40.